The van der Waals surface area contributed by atoms with Gasteiger partial charge in [0.15, 0.2) is 0 Å². The van der Waals surface area contributed by atoms with Crippen LogP contribution >= 0.6 is 0 Å². The first kappa shape index (κ1) is 25.2. The molecule has 1 aliphatic rings. The Morgan fingerprint density at radius 2 is 1.53 bits per heavy atom. The van der Waals surface area contributed by atoms with E-state index in [4.69, 9.17) is 4.74 Å². The smallest absolute Gasteiger partial charge is 0.407 e. The van der Waals surface area contributed by atoms with E-state index in [1.807, 2.05) is 55.4 Å². The molecule has 0 bridgehead atoms. The van der Waals surface area contributed by atoms with E-state index in [1.54, 1.807) is 13.8 Å². The number of fused-ring (bicyclic) bond motifs is 3. The Hall–Kier alpha value is -3.39. The van der Waals surface area contributed by atoms with Crippen molar-refractivity contribution >= 4 is 18.0 Å². The molecule has 2 aromatic rings. The number of ether oxygens (including phenoxy) is 1. The molecular weight excluding hydrogens is 434 g/mol. The molecule has 2 amide bonds. The third-order valence-electron chi connectivity index (χ3n) is 6.00. The first-order valence-corrected chi connectivity index (χ1v) is 11.5. The van der Waals surface area contributed by atoms with Crippen LogP contribution in [0.1, 0.15) is 30.9 Å². The topological polar surface area (TPSA) is 99.2 Å². The Morgan fingerprint density at radius 3 is 2.03 bits per heavy atom. The van der Waals surface area contributed by atoms with Gasteiger partial charge in [0.25, 0.3) is 0 Å². The van der Waals surface area contributed by atoms with Crippen LogP contribution in [0.4, 0.5) is 4.79 Å². The van der Waals surface area contributed by atoms with Crippen molar-refractivity contribution in [1.29, 1.82) is 0 Å². The lowest BCUT2D eigenvalue weighted by Crippen LogP contribution is -2.53. The van der Waals surface area contributed by atoms with Crippen molar-refractivity contribution in [1.82, 2.24) is 15.1 Å². The van der Waals surface area contributed by atoms with Gasteiger partial charge in [-0.25, -0.2) is 4.79 Å². The summed E-state index contributed by atoms with van der Waals surface area (Å²) in [7, 11) is 3.69. The number of aliphatic carboxylic acids is 1. The number of alkyl carbamates (subject to hydrolysis) is 1. The molecule has 0 saturated heterocycles. The monoisotopic (exact) mass is 467 g/mol. The predicted octanol–water partition coefficient (Wildman–Crippen LogP) is 3.02. The van der Waals surface area contributed by atoms with E-state index < -0.39 is 30.6 Å². The van der Waals surface area contributed by atoms with Crippen molar-refractivity contribution in [2.45, 2.75) is 25.8 Å². The fraction of sp³-hybridized carbons (Fsp3) is 0.423. The van der Waals surface area contributed by atoms with Gasteiger partial charge >= 0.3 is 12.1 Å². The molecule has 0 aliphatic heterocycles. The number of nitrogens with zero attached hydrogens (tertiary/aromatic N) is 2. The number of carboxylic acid groups (broad SMARTS) is 1. The van der Waals surface area contributed by atoms with Crippen LogP contribution in [0.3, 0.4) is 0 Å². The summed E-state index contributed by atoms with van der Waals surface area (Å²) in [5.41, 5.74) is 4.47. The quantitative estimate of drug-likeness (QED) is 0.557. The van der Waals surface area contributed by atoms with Crippen molar-refractivity contribution in [3.63, 3.8) is 0 Å². The molecule has 182 valence electrons. The molecule has 1 aliphatic carbocycles. The maximum Gasteiger partial charge on any atom is 0.407 e. The highest BCUT2D eigenvalue weighted by Crippen LogP contribution is 2.44. The highest BCUT2D eigenvalue weighted by Gasteiger charge is 2.32. The highest BCUT2D eigenvalue weighted by atomic mass is 16.5. The highest BCUT2D eigenvalue weighted by molar-refractivity contribution is 5.88. The summed E-state index contributed by atoms with van der Waals surface area (Å²) in [6.45, 7) is 4.07. The van der Waals surface area contributed by atoms with Crippen LogP contribution in [0.25, 0.3) is 11.1 Å². The molecule has 8 heteroatoms. The van der Waals surface area contributed by atoms with Gasteiger partial charge in [0, 0.05) is 19.0 Å². The Balaban J connectivity index is 1.68. The molecule has 8 nitrogen and oxygen atoms in total. The first-order valence-electron chi connectivity index (χ1n) is 11.5. The molecule has 0 saturated carbocycles. The maximum atomic E-state index is 13.1. The Bertz CT molecular complexity index is 991. The van der Waals surface area contributed by atoms with Crippen molar-refractivity contribution in [3.05, 3.63) is 59.7 Å². The average Bonchev–Trinajstić information content (AvgIpc) is 3.11. The number of benzene rings is 2. The van der Waals surface area contributed by atoms with Gasteiger partial charge in [-0.15, -0.1) is 0 Å². The molecule has 0 heterocycles. The van der Waals surface area contributed by atoms with E-state index in [1.165, 1.54) is 4.90 Å². The summed E-state index contributed by atoms with van der Waals surface area (Å²) in [6.07, 6.45) is -0.697. The lowest BCUT2D eigenvalue weighted by atomic mass is 9.98. The van der Waals surface area contributed by atoms with E-state index in [0.717, 1.165) is 22.3 Å². The largest absolute Gasteiger partial charge is 0.480 e. The van der Waals surface area contributed by atoms with E-state index in [0.29, 0.717) is 6.54 Å². The van der Waals surface area contributed by atoms with Crippen LogP contribution in [-0.2, 0) is 14.3 Å². The number of nitrogens with one attached hydrogen (secondary N) is 1. The number of carbonyl (C=O) groups excluding carboxylic acids is 2. The van der Waals surface area contributed by atoms with Crippen molar-refractivity contribution < 1.29 is 24.2 Å². The van der Waals surface area contributed by atoms with Crippen LogP contribution in [0.15, 0.2) is 48.5 Å². The predicted molar refractivity (Wildman–Crippen MR) is 130 cm³/mol. The van der Waals surface area contributed by atoms with Gasteiger partial charge in [-0.3, -0.25) is 9.59 Å². The van der Waals surface area contributed by atoms with Crippen LogP contribution in [0.5, 0.6) is 0 Å². The summed E-state index contributed by atoms with van der Waals surface area (Å²) >= 11 is 0. The number of hydrogen-bond acceptors (Lipinski definition) is 5. The molecule has 0 spiro atoms. The van der Waals surface area contributed by atoms with E-state index in [-0.39, 0.29) is 25.0 Å². The van der Waals surface area contributed by atoms with Crippen molar-refractivity contribution in [2.75, 3.05) is 40.3 Å². The Morgan fingerprint density at radius 1 is 0.971 bits per heavy atom. The van der Waals surface area contributed by atoms with E-state index in [2.05, 4.69) is 17.4 Å². The lowest BCUT2D eigenvalue weighted by molar-refractivity contribution is -0.145. The zero-order chi connectivity index (χ0) is 24.8. The van der Waals surface area contributed by atoms with Crippen molar-refractivity contribution in [2.24, 2.45) is 5.92 Å². The van der Waals surface area contributed by atoms with Crippen LogP contribution in [0, 0.1) is 5.92 Å². The van der Waals surface area contributed by atoms with Gasteiger partial charge in [0.2, 0.25) is 5.91 Å². The van der Waals surface area contributed by atoms with Gasteiger partial charge in [-0.2, -0.15) is 0 Å². The second kappa shape index (κ2) is 11.2. The maximum absolute atomic E-state index is 13.1. The molecule has 0 fully saturated rings. The third-order valence-corrected chi connectivity index (χ3v) is 6.00. The first-order chi connectivity index (χ1) is 16.2. The minimum atomic E-state index is -1.10. The van der Waals surface area contributed by atoms with E-state index in [9.17, 15) is 19.5 Å². The summed E-state index contributed by atoms with van der Waals surface area (Å²) in [5, 5.41) is 11.9. The molecule has 2 N–H and O–H groups in total. The number of carboxylic acids is 1. The lowest BCUT2D eigenvalue weighted by Gasteiger charge is -2.29. The van der Waals surface area contributed by atoms with Crippen molar-refractivity contribution in [3.8, 4) is 11.1 Å². The number of likely N-dealkylation sites (N-methyl/N-ethyl adjacent to an activating group) is 1. The SMILES string of the molecule is CC(C)C(NC(=O)OCC1c2ccccc2-c2ccccc21)C(=O)N(CCN(C)C)CC(=O)O. The summed E-state index contributed by atoms with van der Waals surface area (Å²) < 4.78 is 5.58. The van der Waals surface area contributed by atoms with Crippen LogP contribution < -0.4 is 5.32 Å². The summed E-state index contributed by atoms with van der Waals surface area (Å²) in [5.74, 6) is -1.87. The second-order valence-corrected chi connectivity index (χ2v) is 9.15. The van der Waals surface area contributed by atoms with Crippen LogP contribution in [-0.4, -0.2) is 79.3 Å². The normalized spacial score (nSPS) is 13.4. The van der Waals surface area contributed by atoms with E-state index >= 15 is 0 Å². The number of amides is 2. The zero-order valence-corrected chi connectivity index (χ0v) is 20.2. The molecule has 1 unspecified atom stereocenters. The number of carbonyl (C=O) groups is 3. The number of rotatable bonds is 10. The average molecular weight is 468 g/mol. The van der Waals surface area contributed by atoms with Gasteiger partial charge in [-0.05, 0) is 42.3 Å². The fourth-order valence-electron chi connectivity index (χ4n) is 4.23. The Labute approximate surface area is 200 Å². The second-order valence-electron chi connectivity index (χ2n) is 9.15. The van der Waals surface area contributed by atoms with Gasteiger partial charge in [0.1, 0.15) is 19.2 Å². The zero-order valence-electron chi connectivity index (χ0n) is 20.2. The molecule has 34 heavy (non-hydrogen) atoms. The van der Waals surface area contributed by atoms with Crippen LogP contribution in [0.2, 0.25) is 0 Å². The van der Waals surface area contributed by atoms with Gasteiger partial charge in [0.05, 0.1) is 0 Å². The third kappa shape index (κ3) is 5.94. The fourth-order valence-corrected chi connectivity index (χ4v) is 4.23. The molecule has 0 radical (unpaired) electrons. The summed E-state index contributed by atoms with van der Waals surface area (Å²) in [6, 6.07) is 15.2. The molecular formula is C26H33N3O5. The number of hydrogen-bond donors (Lipinski definition) is 2. The molecule has 3 rings (SSSR count). The minimum absolute atomic E-state index is 0.0880. The molecule has 1 atom stereocenters. The Kier molecular flexibility index (Phi) is 8.28. The summed E-state index contributed by atoms with van der Waals surface area (Å²) in [4.78, 5) is 40.3. The molecule has 2 aromatic carbocycles. The van der Waals surface area contributed by atoms with Gasteiger partial charge in [-0.1, -0.05) is 62.4 Å². The molecule has 0 aromatic heterocycles. The minimum Gasteiger partial charge on any atom is -0.480 e. The van der Waals surface area contributed by atoms with Gasteiger partial charge < -0.3 is 25.0 Å². The standard InChI is InChI=1S/C26H33N3O5/c1-17(2)24(25(32)29(15-23(30)31)14-13-28(3)4)27-26(33)34-16-22-20-11-7-5-9-18(20)19-10-6-8-12-21(19)22/h5-12,17,22,24H,13-16H2,1-4H3,(H,27,33)(H,30,31).